The number of esters is 1. The molecule has 1 saturated heterocycles. The minimum absolute atomic E-state index is 0.259. The van der Waals surface area contributed by atoms with Gasteiger partial charge in [-0.15, -0.1) is 0 Å². The van der Waals surface area contributed by atoms with Gasteiger partial charge < -0.3 is 14.6 Å². The zero-order valence-corrected chi connectivity index (χ0v) is 6.86. The monoisotopic (exact) mass is 174 g/mol. The van der Waals surface area contributed by atoms with Crippen LogP contribution in [0.3, 0.4) is 0 Å². The Bertz CT molecular complexity index is 224. The first kappa shape index (κ1) is 9.15. The van der Waals surface area contributed by atoms with Crippen molar-refractivity contribution in [2.75, 3.05) is 6.61 Å². The van der Waals surface area contributed by atoms with Crippen LogP contribution < -0.4 is 0 Å². The zero-order chi connectivity index (χ0) is 9.35. The second-order valence-corrected chi connectivity index (χ2v) is 2.67. The second kappa shape index (κ2) is 2.84. The molecule has 0 saturated carbocycles. The molecule has 1 aliphatic heterocycles. The highest BCUT2D eigenvalue weighted by atomic mass is 16.8. The fraction of sp³-hybridized carbons (Fsp3) is 0.714. The Balaban J connectivity index is 2.58. The molecule has 68 valence electrons. The van der Waals surface area contributed by atoms with Gasteiger partial charge in [0, 0.05) is 6.92 Å². The fourth-order valence-electron chi connectivity index (χ4n) is 1.03. The van der Waals surface area contributed by atoms with Gasteiger partial charge in [0.25, 0.3) is 5.79 Å². The first-order valence-corrected chi connectivity index (χ1v) is 3.50. The van der Waals surface area contributed by atoms with Crippen LogP contribution in [0.1, 0.15) is 13.8 Å². The molecule has 0 spiro atoms. The summed E-state index contributed by atoms with van der Waals surface area (Å²) in [6, 6.07) is 0. The average molecular weight is 174 g/mol. The largest absolute Gasteiger partial charge is 0.427 e. The third-order valence-electron chi connectivity index (χ3n) is 1.57. The first-order valence-electron chi connectivity index (χ1n) is 3.50. The standard InChI is InChI=1S/C7H10O5/c1-4(9)6-7(3-8,12-6)11-5(2)10/h6,8H,3H2,1-2H3. The van der Waals surface area contributed by atoms with E-state index >= 15 is 0 Å². The van der Waals surface area contributed by atoms with Crippen LogP contribution in [0.4, 0.5) is 0 Å². The van der Waals surface area contributed by atoms with Gasteiger partial charge >= 0.3 is 5.97 Å². The number of aliphatic hydroxyl groups is 1. The summed E-state index contributed by atoms with van der Waals surface area (Å²) >= 11 is 0. The molecule has 5 heteroatoms. The quantitative estimate of drug-likeness (QED) is 0.449. The summed E-state index contributed by atoms with van der Waals surface area (Å²) in [7, 11) is 0. The summed E-state index contributed by atoms with van der Waals surface area (Å²) < 4.78 is 9.42. The highest BCUT2D eigenvalue weighted by Crippen LogP contribution is 2.37. The van der Waals surface area contributed by atoms with Gasteiger partial charge in [-0.1, -0.05) is 0 Å². The van der Waals surface area contributed by atoms with E-state index in [1.165, 1.54) is 13.8 Å². The molecule has 2 atom stereocenters. The minimum atomic E-state index is -1.39. The van der Waals surface area contributed by atoms with Gasteiger partial charge in [0.15, 0.2) is 11.9 Å². The molecule has 0 radical (unpaired) electrons. The van der Waals surface area contributed by atoms with E-state index < -0.39 is 24.5 Å². The summed E-state index contributed by atoms with van der Waals surface area (Å²) in [6.45, 7) is 2.01. The molecule has 12 heavy (non-hydrogen) atoms. The number of rotatable bonds is 3. The molecule has 0 aliphatic carbocycles. The normalized spacial score (nSPS) is 32.8. The summed E-state index contributed by atoms with van der Waals surface area (Å²) in [5.74, 6) is -2.23. The molecular weight excluding hydrogens is 164 g/mol. The van der Waals surface area contributed by atoms with Crippen molar-refractivity contribution in [3.8, 4) is 0 Å². The van der Waals surface area contributed by atoms with E-state index in [9.17, 15) is 9.59 Å². The molecule has 0 aromatic carbocycles. The number of ketones is 1. The summed E-state index contributed by atoms with van der Waals surface area (Å²) in [5, 5.41) is 8.77. The van der Waals surface area contributed by atoms with Gasteiger partial charge in [-0.2, -0.15) is 0 Å². The van der Waals surface area contributed by atoms with E-state index in [0.29, 0.717) is 0 Å². The third kappa shape index (κ3) is 1.46. The number of hydrogen-bond acceptors (Lipinski definition) is 5. The number of carbonyl (C=O) groups is 2. The van der Waals surface area contributed by atoms with Crippen molar-refractivity contribution in [2.24, 2.45) is 0 Å². The third-order valence-corrected chi connectivity index (χ3v) is 1.57. The number of ether oxygens (including phenoxy) is 2. The van der Waals surface area contributed by atoms with E-state index in [4.69, 9.17) is 9.84 Å². The highest BCUT2D eigenvalue weighted by Gasteiger charge is 2.62. The molecule has 1 heterocycles. The maximum absolute atomic E-state index is 10.7. The van der Waals surface area contributed by atoms with Crippen molar-refractivity contribution >= 4 is 11.8 Å². The lowest BCUT2D eigenvalue weighted by Gasteiger charge is -2.07. The molecule has 1 aliphatic rings. The Morgan fingerprint density at radius 2 is 2.17 bits per heavy atom. The van der Waals surface area contributed by atoms with Crippen LogP contribution >= 0.6 is 0 Å². The molecule has 1 rings (SSSR count). The molecule has 0 aromatic rings. The van der Waals surface area contributed by atoms with Crippen LogP contribution in [0.15, 0.2) is 0 Å². The first-order chi connectivity index (χ1) is 5.52. The van der Waals surface area contributed by atoms with Crippen molar-refractivity contribution in [1.82, 2.24) is 0 Å². The van der Waals surface area contributed by atoms with Gasteiger partial charge in [0.1, 0.15) is 6.61 Å². The molecule has 0 amide bonds. The fourth-order valence-corrected chi connectivity index (χ4v) is 1.03. The molecule has 1 N–H and O–H groups in total. The van der Waals surface area contributed by atoms with E-state index in [-0.39, 0.29) is 5.78 Å². The Kier molecular flexibility index (Phi) is 2.16. The Hall–Kier alpha value is -0.940. The SMILES string of the molecule is CC(=O)OC1(CO)OC1C(C)=O. The highest BCUT2D eigenvalue weighted by molar-refractivity contribution is 5.84. The van der Waals surface area contributed by atoms with E-state index in [2.05, 4.69) is 4.74 Å². The Morgan fingerprint density at radius 1 is 1.58 bits per heavy atom. The second-order valence-electron chi connectivity index (χ2n) is 2.67. The number of carbonyl (C=O) groups excluding carboxylic acids is 2. The lowest BCUT2D eigenvalue weighted by molar-refractivity contribution is -0.160. The van der Waals surface area contributed by atoms with Crippen molar-refractivity contribution in [2.45, 2.75) is 25.7 Å². The summed E-state index contributed by atoms with van der Waals surface area (Å²) in [5.41, 5.74) is 0. The smallest absolute Gasteiger partial charge is 0.305 e. The molecular formula is C7H10O5. The number of aliphatic hydroxyl groups excluding tert-OH is 1. The van der Waals surface area contributed by atoms with Crippen molar-refractivity contribution in [3.05, 3.63) is 0 Å². The van der Waals surface area contributed by atoms with Gasteiger partial charge in [0.2, 0.25) is 0 Å². The van der Waals surface area contributed by atoms with Crippen LogP contribution in [0.25, 0.3) is 0 Å². The van der Waals surface area contributed by atoms with Gasteiger partial charge in [0.05, 0.1) is 0 Å². The van der Waals surface area contributed by atoms with E-state index in [1.807, 2.05) is 0 Å². The predicted molar refractivity (Wildman–Crippen MR) is 37.1 cm³/mol. The maximum Gasteiger partial charge on any atom is 0.305 e. The Labute approximate surface area is 69.3 Å². The summed E-state index contributed by atoms with van der Waals surface area (Å²) in [4.78, 5) is 21.2. The van der Waals surface area contributed by atoms with Crippen molar-refractivity contribution < 1.29 is 24.2 Å². The number of hydrogen-bond donors (Lipinski definition) is 1. The van der Waals surface area contributed by atoms with Crippen LogP contribution in [0, 0.1) is 0 Å². The predicted octanol–water partition coefficient (Wildman–Crippen LogP) is -0.774. The number of Topliss-reactive ketones (excluding diaryl/α,β-unsaturated/α-hetero) is 1. The van der Waals surface area contributed by atoms with Crippen LogP contribution in [-0.4, -0.2) is 35.4 Å². The topological polar surface area (TPSA) is 76.1 Å². The van der Waals surface area contributed by atoms with Crippen LogP contribution in [0.2, 0.25) is 0 Å². The van der Waals surface area contributed by atoms with Gasteiger partial charge in [-0.3, -0.25) is 9.59 Å². The van der Waals surface area contributed by atoms with Crippen molar-refractivity contribution in [3.63, 3.8) is 0 Å². The van der Waals surface area contributed by atoms with Crippen LogP contribution in [-0.2, 0) is 19.1 Å². The lowest BCUT2D eigenvalue weighted by atomic mass is 10.2. The molecule has 5 nitrogen and oxygen atoms in total. The molecule has 2 unspecified atom stereocenters. The maximum atomic E-state index is 10.7. The van der Waals surface area contributed by atoms with Gasteiger partial charge in [-0.05, 0) is 6.92 Å². The van der Waals surface area contributed by atoms with E-state index in [0.717, 1.165) is 0 Å². The van der Waals surface area contributed by atoms with Crippen LogP contribution in [0.5, 0.6) is 0 Å². The minimum Gasteiger partial charge on any atom is -0.427 e. The number of epoxide rings is 1. The zero-order valence-electron chi connectivity index (χ0n) is 6.86. The molecule has 0 aromatic heterocycles. The Morgan fingerprint density at radius 3 is 2.42 bits per heavy atom. The van der Waals surface area contributed by atoms with Gasteiger partial charge in [-0.25, -0.2) is 0 Å². The molecule has 0 bridgehead atoms. The molecule has 1 fully saturated rings. The van der Waals surface area contributed by atoms with Crippen molar-refractivity contribution in [1.29, 1.82) is 0 Å². The van der Waals surface area contributed by atoms with E-state index in [1.54, 1.807) is 0 Å². The summed E-state index contributed by atoms with van der Waals surface area (Å²) in [6.07, 6.45) is -0.800. The average Bonchev–Trinajstić information content (AvgIpc) is 2.63. The lowest BCUT2D eigenvalue weighted by Crippen LogP contribution is -2.29.